The van der Waals surface area contributed by atoms with Gasteiger partial charge in [-0.3, -0.25) is 0 Å². The smallest absolute Gasteiger partial charge is 0.317 e. The summed E-state index contributed by atoms with van der Waals surface area (Å²) >= 11 is 0. The van der Waals surface area contributed by atoms with Crippen LogP contribution in [0.5, 0.6) is 0 Å². The van der Waals surface area contributed by atoms with Gasteiger partial charge >= 0.3 is 6.03 Å². The highest BCUT2D eigenvalue weighted by Crippen LogP contribution is 2.22. The summed E-state index contributed by atoms with van der Waals surface area (Å²) in [5.41, 5.74) is 2.60. The van der Waals surface area contributed by atoms with E-state index in [1.165, 1.54) is 30.0 Å². The molecule has 0 radical (unpaired) electrons. The van der Waals surface area contributed by atoms with Gasteiger partial charge in [0.25, 0.3) is 0 Å². The van der Waals surface area contributed by atoms with Gasteiger partial charge in [0.15, 0.2) is 0 Å². The number of rotatable bonds is 5. The van der Waals surface area contributed by atoms with E-state index in [0.29, 0.717) is 24.5 Å². The highest BCUT2D eigenvalue weighted by Gasteiger charge is 2.31. The molecule has 0 spiro atoms. The van der Waals surface area contributed by atoms with Gasteiger partial charge in [-0.1, -0.05) is 31.0 Å². The number of amides is 2. The number of benzene rings is 1. The Kier molecular flexibility index (Phi) is 7.73. The number of carbonyl (C=O) groups excluding carboxylic acids is 1. The molecule has 1 N–H and O–H groups in total. The first-order chi connectivity index (χ1) is 16.3. The fourth-order valence-electron chi connectivity index (χ4n) is 4.55. The van der Waals surface area contributed by atoms with Gasteiger partial charge < -0.3 is 15.1 Å². The largest absolute Gasteiger partial charge is 0.357 e. The molecule has 4 rings (SSSR count). The van der Waals surface area contributed by atoms with Crippen molar-refractivity contribution >= 4 is 21.9 Å². The Balaban J connectivity index is 1.28. The van der Waals surface area contributed by atoms with Crippen LogP contribution in [-0.4, -0.2) is 67.9 Å². The Morgan fingerprint density at radius 2 is 1.65 bits per heavy atom. The molecule has 2 amide bonds. The number of hydrogen-bond acceptors (Lipinski definition) is 5. The monoisotopic (exact) mass is 485 g/mol. The van der Waals surface area contributed by atoms with Crippen molar-refractivity contribution in [2.75, 3.05) is 44.2 Å². The lowest BCUT2D eigenvalue weighted by molar-refractivity contribution is 0.172. The van der Waals surface area contributed by atoms with Gasteiger partial charge in [0.1, 0.15) is 5.82 Å². The SMILES string of the molecule is Cc1ccc(C)c(S(=O)(=O)N2CCN(C(=O)NCc3ccc(N4CCCCCC4)nc3)CC2)c1. The quantitative estimate of drug-likeness (QED) is 0.702. The molecule has 2 aliphatic rings. The zero-order valence-corrected chi connectivity index (χ0v) is 21.0. The maximum atomic E-state index is 13.1. The van der Waals surface area contributed by atoms with Crippen molar-refractivity contribution in [3.63, 3.8) is 0 Å². The molecule has 1 aromatic heterocycles. The summed E-state index contributed by atoms with van der Waals surface area (Å²) in [5, 5.41) is 2.94. The van der Waals surface area contributed by atoms with Crippen molar-refractivity contribution in [2.45, 2.75) is 51.0 Å². The summed E-state index contributed by atoms with van der Waals surface area (Å²) < 4.78 is 27.7. The summed E-state index contributed by atoms with van der Waals surface area (Å²) in [4.78, 5) is 21.6. The Hall–Kier alpha value is -2.65. The molecule has 0 unspecified atom stereocenters. The molecule has 0 aliphatic carbocycles. The first-order valence-electron chi connectivity index (χ1n) is 12.1. The van der Waals surface area contributed by atoms with E-state index >= 15 is 0 Å². The van der Waals surface area contributed by atoms with E-state index in [1.54, 1.807) is 11.0 Å². The lowest BCUT2D eigenvalue weighted by Gasteiger charge is -2.34. The molecule has 34 heavy (non-hydrogen) atoms. The molecule has 2 saturated heterocycles. The second-order valence-electron chi connectivity index (χ2n) is 9.24. The lowest BCUT2D eigenvalue weighted by Crippen LogP contribution is -2.53. The first kappa shape index (κ1) is 24.5. The van der Waals surface area contributed by atoms with Crippen LogP contribution in [0.2, 0.25) is 0 Å². The van der Waals surface area contributed by atoms with Crippen LogP contribution < -0.4 is 10.2 Å². The average molecular weight is 486 g/mol. The van der Waals surface area contributed by atoms with Crippen LogP contribution in [-0.2, 0) is 16.6 Å². The highest BCUT2D eigenvalue weighted by molar-refractivity contribution is 7.89. The number of piperazine rings is 1. The normalized spacial score (nSPS) is 17.9. The topological polar surface area (TPSA) is 85.8 Å². The van der Waals surface area contributed by atoms with E-state index in [4.69, 9.17) is 0 Å². The molecular weight excluding hydrogens is 450 g/mol. The number of aryl methyl sites for hydroxylation is 2. The van der Waals surface area contributed by atoms with Gasteiger partial charge in [0.05, 0.1) is 4.90 Å². The van der Waals surface area contributed by atoms with Crippen LogP contribution in [0.25, 0.3) is 0 Å². The summed E-state index contributed by atoms with van der Waals surface area (Å²) in [6.45, 7) is 7.49. The second kappa shape index (κ2) is 10.7. The minimum Gasteiger partial charge on any atom is -0.357 e. The third kappa shape index (κ3) is 5.70. The number of nitrogens with one attached hydrogen (secondary N) is 1. The van der Waals surface area contributed by atoms with E-state index in [1.807, 2.05) is 44.3 Å². The van der Waals surface area contributed by atoms with Gasteiger partial charge in [-0.15, -0.1) is 0 Å². The molecule has 1 aromatic carbocycles. The Labute approximate surface area is 203 Å². The van der Waals surface area contributed by atoms with E-state index in [2.05, 4.69) is 15.2 Å². The standard InChI is InChI=1S/C25H35N5O3S/c1-20-7-8-21(2)23(17-20)34(32,33)30-15-13-29(14-16-30)25(31)27-19-22-9-10-24(26-18-22)28-11-5-3-4-6-12-28/h7-10,17-18H,3-6,11-16,19H2,1-2H3,(H,27,31). The molecule has 0 bridgehead atoms. The number of hydrogen-bond donors (Lipinski definition) is 1. The summed E-state index contributed by atoms with van der Waals surface area (Å²) in [6, 6.07) is 9.33. The van der Waals surface area contributed by atoms with Crippen LogP contribution >= 0.6 is 0 Å². The van der Waals surface area contributed by atoms with E-state index < -0.39 is 10.0 Å². The Morgan fingerprint density at radius 1 is 0.941 bits per heavy atom. The van der Waals surface area contributed by atoms with Crippen molar-refractivity contribution in [3.8, 4) is 0 Å². The fourth-order valence-corrected chi connectivity index (χ4v) is 6.29. The predicted molar refractivity (Wildman–Crippen MR) is 133 cm³/mol. The lowest BCUT2D eigenvalue weighted by atomic mass is 10.2. The van der Waals surface area contributed by atoms with E-state index in [-0.39, 0.29) is 19.1 Å². The number of nitrogens with zero attached hydrogens (tertiary/aromatic N) is 4. The van der Waals surface area contributed by atoms with Crippen LogP contribution in [0, 0.1) is 13.8 Å². The summed E-state index contributed by atoms with van der Waals surface area (Å²) in [7, 11) is -3.57. The van der Waals surface area contributed by atoms with Crippen molar-refractivity contribution in [2.24, 2.45) is 0 Å². The summed E-state index contributed by atoms with van der Waals surface area (Å²) in [6.07, 6.45) is 6.81. The molecule has 2 fully saturated rings. The predicted octanol–water partition coefficient (Wildman–Crippen LogP) is 3.29. The zero-order chi connectivity index (χ0) is 24.1. The number of anilines is 1. The van der Waals surface area contributed by atoms with Crippen LogP contribution in [0.4, 0.5) is 10.6 Å². The molecule has 0 saturated carbocycles. The summed E-state index contributed by atoms with van der Waals surface area (Å²) in [5.74, 6) is 0.998. The average Bonchev–Trinajstić information content (AvgIpc) is 3.14. The van der Waals surface area contributed by atoms with Gasteiger partial charge in [-0.2, -0.15) is 4.31 Å². The minimum atomic E-state index is -3.57. The van der Waals surface area contributed by atoms with Gasteiger partial charge in [-0.25, -0.2) is 18.2 Å². The number of aromatic nitrogens is 1. The van der Waals surface area contributed by atoms with Crippen LogP contribution in [0.1, 0.15) is 42.4 Å². The van der Waals surface area contributed by atoms with E-state index in [0.717, 1.165) is 35.6 Å². The second-order valence-corrected chi connectivity index (χ2v) is 11.2. The highest BCUT2D eigenvalue weighted by atomic mass is 32.2. The maximum absolute atomic E-state index is 13.1. The molecule has 2 aromatic rings. The molecular formula is C25H35N5O3S. The fraction of sp³-hybridized carbons (Fsp3) is 0.520. The molecule has 184 valence electrons. The molecule has 2 aliphatic heterocycles. The van der Waals surface area contributed by atoms with E-state index in [9.17, 15) is 13.2 Å². The number of carbonyl (C=O) groups is 1. The molecule has 0 atom stereocenters. The molecule has 9 heteroatoms. The first-order valence-corrected chi connectivity index (χ1v) is 13.6. The Morgan fingerprint density at radius 3 is 2.29 bits per heavy atom. The number of urea groups is 1. The molecule has 3 heterocycles. The van der Waals surface area contributed by atoms with Gasteiger partial charge in [-0.05, 0) is 55.5 Å². The maximum Gasteiger partial charge on any atom is 0.317 e. The van der Waals surface area contributed by atoms with Gasteiger partial charge in [0.2, 0.25) is 10.0 Å². The number of sulfonamides is 1. The van der Waals surface area contributed by atoms with Crippen molar-refractivity contribution < 1.29 is 13.2 Å². The van der Waals surface area contributed by atoms with Crippen LogP contribution in [0.15, 0.2) is 41.4 Å². The Bertz CT molecular complexity index is 1090. The van der Waals surface area contributed by atoms with Crippen molar-refractivity contribution in [3.05, 3.63) is 53.2 Å². The third-order valence-corrected chi connectivity index (χ3v) is 8.71. The van der Waals surface area contributed by atoms with Gasteiger partial charge in [0, 0.05) is 52.0 Å². The van der Waals surface area contributed by atoms with Crippen molar-refractivity contribution in [1.29, 1.82) is 0 Å². The number of pyridine rings is 1. The third-order valence-electron chi connectivity index (χ3n) is 6.67. The van der Waals surface area contributed by atoms with Crippen LogP contribution in [0.3, 0.4) is 0 Å². The zero-order valence-electron chi connectivity index (χ0n) is 20.2. The minimum absolute atomic E-state index is 0.180. The van der Waals surface area contributed by atoms with Crippen molar-refractivity contribution in [1.82, 2.24) is 19.5 Å². The molecule has 8 nitrogen and oxygen atoms in total.